The predicted molar refractivity (Wildman–Crippen MR) is 101 cm³/mol. The molecule has 3 N–H and O–H groups in total. The van der Waals surface area contributed by atoms with E-state index in [0.717, 1.165) is 12.1 Å². The van der Waals surface area contributed by atoms with Crippen LogP contribution in [0.25, 0.3) is 0 Å². The van der Waals surface area contributed by atoms with Gasteiger partial charge < -0.3 is 20.5 Å². The van der Waals surface area contributed by atoms with Crippen molar-refractivity contribution in [2.45, 2.75) is 19.1 Å². The molecule has 2 rings (SSSR count). The number of nitrogens with two attached hydrogens (primary N) is 1. The van der Waals surface area contributed by atoms with Gasteiger partial charge in [-0.2, -0.15) is 13.2 Å². The van der Waals surface area contributed by atoms with Crippen LogP contribution in [0.3, 0.4) is 0 Å². The summed E-state index contributed by atoms with van der Waals surface area (Å²) in [6.45, 7) is 3.57. The maximum absolute atomic E-state index is 13.1. The van der Waals surface area contributed by atoms with Crippen LogP contribution < -0.4 is 20.5 Å². The zero-order valence-corrected chi connectivity index (χ0v) is 15.5. The summed E-state index contributed by atoms with van der Waals surface area (Å²) in [5, 5.41) is 2.49. The largest absolute Gasteiger partial charge is 0.493 e. The van der Waals surface area contributed by atoms with Gasteiger partial charge >= 0.3 is 6.18 Å². The van der Waals surface area contributed by atoms with Crippen LogP contribution in [0.1, 0.15) is 27.0 Å². The number of ether oxygens (including phenoxy) is 2. The predicted octanol–water partition coefficient (Wildman–Crippen LogP) is 4.16. The third-order valence-corrected chi connectivity index (χ3v) is 4.00. The summed E-state index contributed by atoms with van der Waals surface area (Å²) in [5.74, 6) is 0.204. The Morgan fingerprint density at radius 3 is 2.43 bits per heavy atom. The monoisotopic (exact) mass is 394 g/mol. The van der Waals surface area contributed by atoms with E-state index in [9.17, 15) is 18.0 Å². The van der Waals surface area contributed by atoms with Crippen molar-refractivity contribution >= 4 is 11.6 Å². The van der Waals surface area contributed by atoms with Crippen molar-refractivity contribution in [3.8, 4) is 11.5 Å². The van der Waals surface area contributed by atoms with Gasteiger partial charge in [-0.15, -0.1) is 6.58 Å². The van der Waals surface area contributed by atoms with E-state index in [2.05, 4.69) is 11.9 Å². The average molecular weight is 394 g/mol. The summed E-state index contributed by atoms with van der Waals surface area (Å²) >= 11 is 0. The first-order valence-corrected chi connectivity index (χ1v) is 8.31. The molecule has 8 heteroatoms. The summed E-state index contributed by atoms with van der Waals surface area (Å²) in [7, 11) is 2.90. The Hall–Kier alpha value is -3.00. The zero-order valence-electron chi connectivity index (χ0n) is 15.5. The molecule has 150 valence electrons. The number of rotatable bonds is 7. The summed E-state index contributed by atoms with van der Waals surface area (Å²) in [6, 6.07) is 6.25. The van der Waals surface area contributed by atoms with Gasteiger partial charge in [-0.3, -0.25) is 4.79 Å². The number of nitrogens with one attached hydrogen (secondary N) is 1. The standard InChI is InChI=1S/C20H21F3N2O3/c1-4-5-13-8-14(9-17(27-2)18(13)28-3)19(26)25-16-7-12(11-24)6-15(10-16)20(21,22)23/h4,6-10H,1,5,11,24H2,2-3H3,(H,25,26). The second kappa shape index (κ2) is 8.79. The lowest BCUT2D eigenvalue weighted by Gasteiger charge is -2.15. The quantitative estimate of drug-likeness (QED) is 0.692. The Labute approximate surface area is 160 Å². The van der Waals surface area contributed by atoms with Gasteiger partial charge in [0.2, 0.25) is 0 Å². The van der Waals surface area contributed by atoms with Gasteiger partial charge in [-0.25, -0.2) is 0 Å². The Kier molecular flexibility index (Phi) is 6.69. The summed E-state index contributed by atoms with van der Waals surface area (Å²) in [4.78, 5) is 12.7. The van der Waals surface area contributed by atoms with Crippen LogP contribution in [0.5, 0.6) is 11.5 Å². The van der Waals surface area contributed by atoms with E-state index in [1.165, 1.54) is 26.4 Å². The minimum Gasteiger partial charge on any atom is -0.493 e. The Balaban J connectivity index is 2.42. The molecule has 0 aliphatic heterocycles. The normalized spacial score (nSPS) is 11.1. The maximum atomic E-state index is 13.1. The number of carbonyl (C=O) groups is 1. The molecular weight excluding hydrogens is 373 g/mol. The molecule has 0 aliphatic rings. The Bertz CT molecular complexity index is 880. The van der Waals surface area contributed by atoms with E-state index in [1.54, 1.807) is 12.1 Å². The van der Waals surface area contributed by atoms with Gasteiger partial charge in [-0.1, -0.05) is 6.08 Å². The SMILES string of the molecule is C=CCc1cc(C(=O)Nc2cc(CN)cc(C(F)(F)F)c2)cc(OC)c1OC. The first kappa shape index (κ1) is 21.3. The van der Waals surface area contributed by atoms with Crippen molar-refractivity contribution < 1.29 is 27.4 Å². The van der Waals surface area contributed by atoms with E-state index in [1.807, 2.05) is 0 Å². The number of anilines is 1. The van der Waals surface area contributed by atoms with Crippen molar-refractivity contribution in [2.75, 3.05) is 19.5 Å². The molecule has 0 bridgehead atoms. The van der Waals surface area contributed by atoms with Crippen molar-refractivity contribution in [1.82, 2.24) is 0 Å². The van der Waals surface area contributed by atoms with Crippen LogP contribution >= 0.6 is 0 Å². The second-order valence-electron chi connectivity index (χ2n) is 5.94. The highest BCUT2D eigenvalue weighted by Crippen LogP contribution is 2.34. The van der Waals surface area contributed by atoms with E-state index in [-0.39, 0.29) is 23.4 Å². The summed E-state index contributed by atoms with van der Waals surface area (Å²) < 4.78 is 49.8. The van der Waals surface area contributed by atoms with Crippen molar-refractivity contribution in [3.05, 3.63) is 65.2 Å². The molecule has 0 spiro atoms. The zero-order chi connectivity index (χ0) is 20.9. The first-order chi connectivity index (χ1) is 13.2. The van der Waals surface area contributed by atoms with E-state index in [0.29, 0.717) is 23.5 Å². The third kappa shape index (κ3) is 4.83. The lowest BCUT2D eigenvalue weighted by atomic mass is 10.0. The smallest absolute Gasteiger partial charge is 0.416 e. The molecule has 0 heterocycles. The highest BCUT2D eigenvalue weighted by Gasteiger charge is 2.31. The van der Waals surface area contributed by atoms with Crippen molar-refractivity contribution in [2.24, 2.45) is 5.73 Å². The van der Waals surface area contributed by atoms with Crippen molar-refractivity contribution in [1.29, 1.82) is 0 Å². The van der Waals surface area contributed by atoms with Gasteiger partial charge in [0.25, 0.3) is 5.91 Å². The summed E-state index contributed by atoms with van der Waals surface area (Å²) in [6.07, 6.45) is -2.49. The lowest BCUT2D eigenvalue weighted by molar-refractivity contribution is -0.137. The number of allylic oxidation sites excluding steroid dienone is 1. The fourth-order valence-corrected chi connectivity index (χ4v) is 2.73. The number of methoxy groups -OCH3 is 2. The molecule has 0 aromatic heterocycles. The minimum absolute atomic E-state index is 0.000306. The van der Waals surface area contributed by atoms with Gasteiger partial charge in [0.1, 0.15) is 0 Å². The van der Waals surface area contributed by atoms with Gasteiger partial charge in [-0.05, 0) is 42.3 Å². The number of amides is 1. The van der Waals surface area contributed by atoms with Crippen LogP contribution in [0.4, 0.5) is 18.9 Å². The van der Waals surface area contributed by atoms with E-state index >= 15 is 0 Å². The minimum atomic E-state index is -4.55. The molecule has 1 amide bonds. The molecule has 0 atom stereocenters. The van der Waals surface area contributed by atoms with Gasteiger partial charge in [0, 0.05) is 23.4 Å². The van der Waals surface area contributed by atoms with Crippen LogP contribution in [0, 0.1) is 0 Å². The van der Waals surface area contributed by atoms with Gasteiger partial charge in [0.05, 0.1) is 19.8 Å². The second-order valence-corrected chi connectivity index (χ2v) is 5.94. The molecule has 5 nitrogen and oxygen atoms in total. The Morgan fingerprint density at radius 2 is 1.89 bits per heavy atom. The van der Waals surface area contributed by atoms with Crippen LogP contribution in [-0.2, 0) is 19.1 Å². The highest BCUT2D eigenvalue weighted by molar-refractivity contribution is 6.05. The van der Waals surface area contributed by atoms with Crippen LogP contribution in [-0.4, -0.2) is 20.1 Å². The molecule has 2 aromatic carbocycles. The molecule has 0 aliphatic carbocycles. The molecule has 0 unspecified atom stereocenters. The molecule has 0 saturated heterocycles. The number of hydrogen-bond acceptors (Lipinski definition) is 4. The fourth-order valence-electron chi connectivity index (χ4n) is 2.73. The third-order valence-electron chi connectivity index (χ3n) is 4.00. The molecular formula is C20H21F3N2O3. The first-order valence-electron chi connectivity index (χ1n) is 8.31. The number of halogens is 3. The number of carbonyl (C=O) groups excluding carboxylic acids is 1. The number of alkyl halides is 3. The molecule has 0 radical (unpaired) electrons. The number of benzene rings is 2. The maximum Gasteiger partial charge on any atom is 0.416 e. The Morgan fingerprint density at radius 1 is 1.18 bits per heavy atom. The van der Waals surface area contributed by atoms with Crippen LogP contribution in [0.2, 0.25) is 0 Å². The lowest BCUT2D eigenvalue weighted by Crippen LogP contribution is -2.15. The van der Waals surface area contributed by atoms with E-state index in [4.69, 9.17) is 15.2 Å². The molecule has 28 heavy (non-hydrogen) atoms. The van der Waals surface area contributed by atoms with Gasteiger partial charge in [0.15, 0.2) is 11.5 Å². The van der Waals surface area contributed by atoms with Crippen molar-refractivity contribution in [3.63, 3.8) is 0 Å². The summed E-state index contributed by atoms with van der Waals surface area (Å²) in [5.41, 5.74) is 5.72. The van der Waals surface area contributed by atoms with E-state index < -0.39 is 17.6 Å². The molecule has 0 fully saturated rings. The highest BCUT2D eigenvalue weighted by atomic mass is 19.4. The van der Waals surface area contributed by atoms with Crippen LogP contribution in [0.15, 0.2) is 43.0 Å². The number of hydrogen-bond donors (Lipinski definition) is 2. The fraction of sp³-hybridized carbons (Fsp3) is 0.250. The topological polar surface area (TPSA) is 73.6 Å². The molecule has 2 aromatic rings. The average Bonchev–Trinajstić information content (AvgIpc) is 2.66. The molecule has 0 saturated carbocycles.